The molecule has 2 fully saturated rings. The van der Waals surface area contributed by atoms with E-state index in [9.17, 15) is 14.4 Å². The van der Waals surface area contributed by atoms with Gasteiger partial charge >= 0.3 is 0 Å². The molecule has 0 spiro atoms. The Labute approximate surface area is 193 Å². The van der Waals surface area contributed by atoms with Crippen LogP contribution in [0.2, 0.25) is 5.02 Å². The molecule has 3 atom stereocenters. The predicted molar refractivity (Wildman–Crippen MR) is 123 cm³/mol. The molecule has 0 aliphatic carbocycles. The van der Waals surface area contributed by atoms with Crippen molar-refractivity contribution in [1.82, 2.24) is 15.1 Å². The lowest BCUT2D eigenvalue weighted by molar-refractivity contribution is -0.141. The van der Waals surface area contributed by atoms with Crippen molar-refractivity contribution in [3.8, 4) is 0 Å². The summed E-state index contributed by atoms with van der Waals surface area (Å²) in [4.78, 5) is 42.8. The summed E-state index contributed by atoms with van der Waals surface area (Å²) in [7, 11) is 0. The van der Waals surface area contributed by atoms with E-state index in [2.05, 4.69) is 5.32 Å². The van der Waals surface area contributed by atoms with Gasteiger partial charge in [-0.15, -0.1) is 0 Å². The normalized spacial score (nSPS) is 21.4. The van der Waals surface area contributed by atoms with Crippen LogP contribution in [0.5, 0.6) is 0 Å². The Bertz CT molecular complexity index is 980. The van der Waals surface area contributed by atoms with E-state index in [4.69, 9.17) is 11.6 Å². The smallest absolute Gasteiger partial charge is 0.254 e. The Morgan fingerprint density at radius 1 is 0.906 bits per heavy atom. The van der Waals surface area contributed by atoms with Crippen LogP contribution in [0, 0.1) is 0 Å². The summed E-state index contributed by atoms with van der Waals surface area (Å²) < 4.78 is 0. The molecule has 2 aliphatic rings. The number of likely N-dealkylation sites (tertiary alicyclic amines) is 2. The number of benzene rings is 2. The Morgan fingerprint density at radius 3 is 2.22 bits per heavy atom. The molecule has 7 heteroatoms. The van der Waals surface area contributed by atoms with E-state index >= 15 is 0 Å². The fraction of sp³-hybridized carbons (Fsp3) is 0.400. The Balaban J connectivity index is 1.44. The van der Waals surface area contributed by atoms with Gasteiger partial charge in [0.15, 0.2) is 0 Å². The molecule has 3 amide bonds. The quantitative estimate of drug-likeness (QED) is 0.748. The molecular formula is C25H28ClN3O3. The summed E-state index contributed by atoms with van der Waals surface area (Å²) in [5.74, 6) is -0.439. The molecule has 2 heterocycles. The molecule has 0 unspecified atom stereocenters. The zero-order valence-electron chi connectivity index (χ0n) is 18.2. The maximum atomic E-state index is 13.4. The molecule has 2 saturated heterocycles. The molecule has 6 nitrogen and oxygen atoms in total. The van der Waals surface area contributed by atoms with E-state index < -0.39 is 12.1 Å². The third kappa shape index (κ3) is 4.65. The number of carbonyl (C=O) groups excluding carboxylic acids is 3. The molecule has 2 aromatic rings. The number of nitrogens with one attached hydrogen (secondary N) is 1. The average molecular weight is 454 g/mol. The van der Waals surface area contributed by atoms with Gasteiger partial charge in [0, 0.05) is 23.7 Å². The van der Waals surface area contributed by atoms with Gasteiger partial charge in [-0.25, -0.2) is 0 Å². The number of amides is 3. The summed E-state index contributed by atoms with van der Waals surface area (Å²) in [6.07, 6.45) is 2.80. The van der Waals surface area contributed by atoms with Crippen LogP contribution in [0.4, 0.5) is 0 Å². The first-order chi connectivity index (χ1) is 15.5. The van der Waals surface area contributed by atoms with Crippen molar-refractivity contribution in [2.75, 3.05) is 13.1 Å². The second-order valence-electron chi connectivity index (χ2n) is 8.49. The highest BCUT2D eigenvalue weighted by molar-refractivity contribution is 6.30. The van der Waals surface area contributed by atoms with Gasteiger partial charge in [-0.2, -0.15) is 0 Å². The van der Waals surface area contributed by atoms with Crippen molar-refractivity contribution in [2.45, 2.75) is 50.7 Å². The summed E-state index contributed by atoms with van der Waals surface area (Å²) in [6, 6.07) is 15.3. The number of nitrogens with zero attached hydrogens (tertiary/aromatic N) is 2. The van der Waals surface area contributed by atoms with Crippen LogP contribution >= 0.6 is 11.6 Å². The zero-order valence-corrected chi connectivity index (χ0v) is 18.9. The maximum Gasteiger partial charge on any atom is 0.254 e. The van der Waals surface area contributed by atoms with Crippen molar-refractivity contribution >= 4 is 29.3 Å². The van der Waals surface area contributed by atoms with Crippen molar-refractivity contribution in [2.24, 2.45) is 0 Å². The fourth-order valence-electron chi connectivity index (χ4n) is 4.65. The van der Waals surface area contributed by atoms with Crippen molar-refractivity contribution in [3.63, 3.8) is 0 Å². The van der Waals surface area contributed by atoms with Gasteiger partial charge in [0.25, 0.3) is 5.91 Å². The molecule has 2 aliphatic heterocycles. The van der Waals surface area contributed by atoms with E-state index in [0.717, 1.165) is 18.4 Å². The summed E-state index contributed by atoms with van der Waals surface area (Å²) in [5, 5.41) is 3.61. The van der Waals surface area contributed by atoms with Gasteiger partial charge in [-0.1, -0.05) is 41.9 Å². The first kappa shape index (κ1) is 22.3. The molecule has 168 valence electrons. The monoisotopic (exact) mass is 453 g/mol. The van der Waals surface area contributed by atoms with Crippen molar-refractivity contribution < 1.29 is 14.4 Å². The Morgan fingerprint density at radius 2 is 1.53 bits per heavy atom. The number of hydrogen-bond donors (Lipinski definition) is 1. The van der Waals surface area contributed by atoms with E-state index in [0.29, 0.717) is 36.5 Å². The Hall–Kier alpha value is -2.86. The highest BCUT2D eigenvalue weighted by Crippen LogP contribution is 2.27. The largest absolute Gasteiger partial charge is 0.348 e. The second-order valence-corrected chi connectivity index (χ2v) is 8.93. The summed E-state index contributed by atoms with van der Waals surface area (Å²) >= 11 is 5.94. The van der Waals surface area contributed by atoms with Crippen LogP contribution in [0.25, 0.3) is 0 Å². The van der Waals surface area contributed by atoms with Gasteiger partial charge in [0.1, 0.15) is 12.1 Å². The highest BCUT2D eigenvalue weighted by Gasteiger charge is 2.42. The molecule has 32 heavy (non-hydrogen) atoms. The lowest BCUT2D eigenvalue weighted by Crippen LogP contribution is -2.53. The predicted octanol–water partition coefficient (Wildman–Crippen LogP) is 3.81. The number of hydrogen-bond acceptors (Lipinski definition) is 3. The van der Waals surface area contributed by atoms with Crippen molar-refractivity contribution in [3.05, 3.63) is 70.7 Å². The average Bonchev–Trinajstić information content (AvgIpc) is 3.49. The van der Waals surface area contributed by atoms with Crippen LogP contribution in [-0.2, 0) is 9.59 Å². The SMILES string of the molecule is C[C@@H](NC(=O)[C@@H]1CCCN1C(=O)[C@@H]1CCCN1C(=O)c1ccc(Cl)cc1)c1ccccc1. The van der Waals surface area contributed by atoms with Gasteiger partial charge in [0.05, 0.1) is 6.04 Å². The number of rotatable bonds is 5. The van der Waals surface area contributed by atoms with Gasteiger partial charge in [-0.3, -0.25) is 14.4 Å². The molecule has 0 aromatic heterocycles. The zero-order chi connectivity index (χ0) is 22.7. The van der Waals surface area contributed by atoms with Gasteiger partial charge in [-0.05, 0) is 62.4 Å². The van der Waals surface area contributed by atoms with Gasteiger partial charge < -0.3 is 15.1 Å². The lowest BCUT2D eigenvalue weighted by atomic mass is 10.1. The summed E-state index contributed by atoms with van der Waals surface area (Å²) in [5.41, 5.74) is 1.54. The van der Waals surface area contributed by atoms with E-state index in [-0.39, 0.29) is 23.8 Å². The Kier molecular flexibility index (Phi) is 6.80. The fourth-order valence-corrected chi connectivity index (χ4v) is 4.78. The van der Waals surface area contributed by atoms with Crippen molar-refractivity contribution in [1.29, 1.82) is 0 Å². The van der Waals surface area contributed by atoms with Crippen LogP contribution in [0.1, 0.15) is 54.6 Å². The molecule has 1 N–H and O–H groups in total. The third-order valence-electron chi connectivity index (χ3n) is 6.39. The molecule has 0 bridgehead atoms. The lowest BCUT2D eigenvalue weighted by Gasteiger charge is -2.31. The topological polar surface area (TPSA) is 69.7 Å². The molecule has 0 radical (unpaired) electrons. The highest BCUT2D eigenvalue weighted by atomic mass is 35.5. The van der Waals surface area contributed by atoms with Crippen LogP contribution in [0.3, 0.4) is 0 Å². The minimum absolute atomic E-state index is 0.130. The van der Waals surface area contributed by atoms with Crippen LogP contribution in [-0.4, -0.2) is 52.7 Å². The molecular weight excluding hydrogens is 426 g/mol. The van der Waals surface area contributed by atoms with Crippen LogP contribution in [0.15, 0.2) is 54.6 Å². The van der Waals surface area contributed by atoms with E-state index in [1.54, 1.807) is 34.1 Å². The first-order valence-electron chi connectivity index (χ1n) is 11.2. The third-order valence-corrected chi connectivity index (χ3v) is 6.64. The standard InChI is InChI=1S/C25H28ClN3O3/c1-17(18-7-3-2-4-8-18)27-23(30)21-9-5-15-28(21)25(32)22-10-6-16-29(22)24(31)19-11-13-20(26)14-12-19/h2-4,7-8,11-14,17,21-22H,5-6,9-10,15-16H2,1H3,(H,27,30)/t17-,21+,22+/m1/s1. The number of carbonyl (C=O) groups is 3. The van der Waals surface area contributed by atoms with E-state index in [1.807, 2.05) is 37.3 Å². The van der Waals surface area contributed by atoms with Crippen LogP contribution < -0.4 is 5.32 Å². The molecule has 2 aromatic carbocycles. The second kappa shape index (κ2) is 9.74. The molecule has 0 saturated carbocycles. The van der Waals surface area contributed by atoms with E-state index in [1.165, 1.54) is 0 Å². The van der Waals surface area contributed by atoms with Gasteiger partial charge in [0.2, 0.25) is 11.8 Å². The number of halogens is 1. The summed E-state index contributed by atoms with van der Waals surface area (Å²) in [6.45, 7) is 3.02. The minimum atomic E-state index is -0.530. The first-order valence-corrected chi connectivity index (χ1v) is 11.6. The molecule has 4 rings (SSSR count). The maximum absolute atomic E-state index is 13.4. The minimum Gasteiger partial charge on any atom is -0.348 e.